The van der Waals surface area contributed by atoms with E-state index in [1.807, 2.05) is 43.3 Å². The number of carbonyl (C=O) groups excluding carboxylic acids is 1. The first-order valence-corrected chi connectivity index (χ1v) is 7.32. The molecule has 1 amide bonds. The quantitative estimate of drug-likeness (QED) is 0.858. The highest BCUT2D eigenvalue weighted by molar-refractivity contribution is 5.96. The number of aliphatic carboxylic acids is 1. The van der Waals surface area contributed by atoms with Gasteiger partial charge in [-0.3, -0.25) is 4.79 Å². The SMILES string of the molecule is CN(C)c1ccc(CC(NC(=O)c2ccccc2)C(=O)O)cc1. The van der Waals surface area contributed by atoms with Gasteiger partial charge in [0, 0.05) is 31.8 Å². The van der Waals surface area contributed by atoms with Gasteiger partial charge in [-0.05, 0) is 29.8 Å². The highest BCUT2D eigenvalue weighted by atomic mass is 16.4. The molecule has 2 N–H and O–H groups in total. The molecule has 1 atom stereocenters. The van der Waals surface area contributed by atoms with Gasteiger partial charge in [-0.1, -0.05) is 30.3 Å². The summed E-state index contributed by atoms with van der Waals surface area (Å²) < 4.78 is 0. The maximum Gasteiger partial charge on any atom is 0.326 e. The molecule has 0 aliphatic heterocycles. The van der Waals surface area contributed by atoms with Gasteiger partial charge in [0.1, 0.15) is 6.04 Å². The predicted octanol–water partition coefficient (Wildman–Crippen LogP) is 2.18. The van der Waals surface area contributed by atoms with Crippen LogP contribution >= 0.6 is 0 Å². The normalized spacial score (nSPS) is 11.6. The Kier molecular flexibility index (Phi) is 5.36. The maximum absolute atomic E-state index is 12.1. The fourth-order valence-electron chi connectivity index (χ4n) is 2.20. The number of nitrogens with one attached hydrogen (secondary N) is 1. The van der Waals surface area contributed by atoms with Gasteiger partial charge in [0.05, 0.1) is 0 Å². The zero-order chi connectivity index (χ0) is 16.8. The number of carboxylic acid groups (broad SMARTS) is 1. The first kappa shape index (κ1) is 16.5. The first-order chi connectivity index (χ1) is 11.0. The number of anilines is 1. The molecule has 0 saturated carbocycles. The van der Waals surface area contributed by atoms with Gasteiger partial charge in [-0.2, -0.15) is 0 Å². The summed E-state index contributed by atoms with van der Waals surface area (Å²) in [6.07, 6.45) is 0.238. The topological polar surface area (TPSA) is 69.6 Å². The molecule has 0 heterocycles. The van der Waals surface area contributed by atoms with Crippen molar-refractivity contribution < 1.29 is 14.7 Å². The molecule has 0 radical (unpaired) electrons. The maximum atomic E-state index is 12.1. The van der Waals surface area contributed by atoms with Crippen molar-refractivity contribution in [1.82, 2.24) is 5.32 Å². The largest absolute Gasteiger partial charge is 0.480 e. The van der Waals surface area contributed by atoms with Gasteiger partial charge in [0.2, 0.25) is 0 Å². The average Bonchev–Trinajstić information content (AvgIpc) is 2.55. The van der Waals surface area contributed by atoms with Gasteiger partial charge >= 0.3 is 5.97 Å². The third-order valence-electron chi connectivity index (χ3n) is 3.53. The molecule has 0 aliphatic rings. The summed E-state index contributed by atoms with van der Waals surface area (Å²) in [6, 6.07) is 15.2. The van der Waals surface area contributed by atoms with Crippen LogP contribution in [-0.4, -0.2) is 37.1 Å². The molecule has 0 aromatic heterocycles. The van der Waals surface area contributed by atoms with Crippen LogP contribution in [0.1, 0.15) is 15.9 Å². The second-order valence-electron chi connectivity index (χ2n) is 5.50. The van der Waals surface area contributed by atoms with E-state index in [0.29, 0.717) is 5.56 Å². The minimum atomic E-state index is -1.05. The van der Waals surface area contributed by atoms with E-state index in [4.69, 9.17) is 0 Å². The van der Waals surface area contributed by atoms with Crippen LogP contribution in [0.2, 0.25) is 0 Å². The number of carbonyl (C=O) groups is 2. The van der Waals surface area contributed by atoms with E-state index in [-0.39, 0.29) is 12.3 Å². The van der Waals surface area contributed by atoms with Crippen LogP contribution in [0.5, 0.6) is 0 Å². The second-order valence-corrected chi connectivity index (χ2v) is 5.50. The lowest BCUT2D eigenvalue weighted by Crippen LogP contribution is -2.42. The van der Waals surface area contributed by atoms with Crippen molar-refractivity contribution in [3.63, 3.8) is 0 Å². The molecule has 0 aliphatic carbocycles. The van der Waals surface area contributed by atoms with E-state index in [1.54, 1.807) is 30.3 Å². The van der Waals surface area contributed by atoms with Crippen molar-refractivity contribution in [3.05, 3.63) is 65.7 Å². The number of carboxylic acids is 1. The van der Waals surface area contributed by atoms with Crippen molar-refractivity contribution in [2.24, 2.45) is 0 Å². The molecular weight excluding hydrogens is 292 g/mol. The Balaban J connectivity index is 2.07. The number of benzene rings is 2. The molecule has 23 heavy (non-hydrogen) atoms. The summed E-state index contributed by atoms with van der Waals surface area (Å²) in [5.74, 6) is -1.44. The van der Waals surface area contributed by atoms with E-state index in [2.05, 4.69) is 5.32 Å². The van der Waals surface area contributed by atoms with Crippen LogP contribution in [0.15, 0.2) is 54.6 Å². The van der Waals surface area contributed by atoms with Crippen LogP contribution in [0.3, 0.4) is 0 Å². The molecule has 0 spiro atoms. The molecule has 0 saturated heterocycles. The Morgan fingerprint density at radius 2 is 1.65 bits per heavy atom. The van der Waals surface area contributed by atoms with Gasteiger partial charge in [0.25, 0.3) is 5.91 Å². The monoisotopic (exact) mass is 312 g/mol. The molecule has 2 aromatic rings. The number of hydrogen-bond acceptors (Lipinski definition) is 3. The summed E-state index contributed by atoms with van der Waals surface area (Å²) in [6.45, 7) is 0. The highest BCUT2D eigenvalue weighted by Crippen LogP contribution is 2.14. The molecule has 0 fully saturated rings. The number of hydrogen-bond donors (Lipinski definition) is 2. The van der Waals surface area contributed by atoms with Crippen LogP contribution in [0.25, 0.3) is 0 Å². The van der Waals surface area contributed by atoms with Gasteiger partial charge in [-0.25, -0.2) is 4.79 Å². The van der Waals surface area contributed by atoms with E-state index in [1.165, 1.54) is 0 Å². The standard InChI is InChI=1S/C18H20N2O3/c1-20(2)15-10-8-13(9-11-15)12-16(18(22)23)19-17(21)14-6-4-3-5-7-14/h3-11,16H,12H2,1-2H3,(H,19,21)(H,22,23). The lowest BCUT2D eigenvalue weighted by atomic mass is 10.0. The predicted molar refractivity (Wildman–Crippen MR) is 89.8 cm³/mol. The zero-order valence-electron chi connectivity index (χ0n) is 13.2. The number of rotatable bonds is 6. The minimum absolute atomic E-state index is 0.238. The molecular formula is C18H20N2O3. The van der Waals surface area contributed by atoms with Gasteiger partial charge in [-0.15, -0.1) is 0 Å². The Hall–Kier alpha value is -2.82. The van der Waals surface area contributed by atoms with Gasteiger partial charge in [0.15, 0.2) is 0 Å². The fraction of sp³-hybridized carbons (Fsp3) is 0.222. The average molecular weight is 312 g/mol. The second kappa shape index (κ2) is 7.45. The first-order valence-electron chi connectivity index (χ1n) is 7.32. The molecule has 1 unspecified atom stereocenters. The van der Waals surface area contributed by atoms with Crippen molar-refractivity contribution in [2.75, 3.05) is 19.0 Å². The van der Waals surface area contributed by atoms with E-state index >= 15 is 0 Å². The summed E-state index contributed by atoms with van der Waals surface area (Å²) in [5.41, 5.74) is 2.34. The lowest BCUT2D eigenvalue weighted by Gasteiger charge is -2.16. The lowest BCUT2D eigenvalue weighted by molar-refractivity contribution is -0.139. The minimum Gasteiger partial charge on any atom is -0.480 e. The summed E-state index contributed by atoms with van der Waals surface area (Å²) in [7, 11) is 3.88. The number of amides is 1. The van der Waals surface area contributed by atoms with Crippen molar-refractivity contribution >= 4 is 17.6 Å². The Morgan fingerprint density at radius 3 is 2.17 bits per heavy atom. The summed E-state index contributed by atoms with van der Waals surface area (Å²) in [5, 5.41) is 11.9. The zero-order valence-corrected chi connectivity index (χ0v) is 13.2. The summed E-state index contributed by atoms with van der Waals surface area (Å²) in [4.78, 5) is 25.5. The van der Waals surface area contributed by atoms with Crippen molar-refractivity contribution in [1.29, 1.82) is 0 Å². The van der Waals surface area contributed by atoms with Crippen molar-refractivity contribution in [3.8, 4) is 0 Å². The molecule has 5 nitrogen and oxygen atoms in total. The van der Waals surface area contributed by atoms with Crippen LogP contribution in [0.4, 0.5) is 5.69 Å². The third kappa shape index (κ3) is 4.57. The molecule has 0 bridgehead atoms. The van der Waals surface area contributed by atoms with Crippen LogP contribution in [0, 0.1) is 0 Å². The van der Waals surface area contributed by atoms with Crippen molar-refractivity contribution in [2.45, 2.75) is 12.5 Å². The molecule has 2 rings (SSSR count). The summed E-state index contributed by atoms with van der Waals surface area (Å²) >= 11 is 0. The Morgan fingerprint density at radius 1 is 1.04 bits per heavy atom. The molecule has 5 heteroatoms. The number of nitrogens with zero attached hydrogens (tertiary/aromatic N) is 1. The van der Waals surface area contributed by atoms with E-state index in [9.17, 15) is 14.7 Å². The van der Waals surface area contributed by atoms with E-state index in [0.717, 1.165) is 11.3 Å². The molecule has 2 aromatic carbocycles. The van der Waals surface area contributed by atoms with Crippen LogP contribution < -0.4 is 10.2 Å². The smallest absolute Gasteiger partial charge is 0.326 e. The highest BCUT2D eigenvalue weighted by Gasteiger charge is 2.21. The third-order valence-corrected chi connectivity index (χ3v) is 3.53. The van der Waals surface area contributed by atoms with E-state index < -0.39 is 12.0 Å². The Bertz CT molecular complexity index is 666. The van der Waals surface area contributed by atoms with Gasteiger partial charge < -0.3 is 15.3 Å². The van der Waals surface area contributed by atoms with Crippen LogP contribution in [-0.2, 0) is 11.2 Å². The molecule has 120 valence electrons. The Labute approximate surface area is 135 Å². The fourth-order valence-corrected chi connectivity index (χ4v) is 2.20.